The SMILES string of the molecule is C=CCC(C)Nc1ccccc1S(=O)(=O)NCCC. The molecule has 0 aliphatic rings. The lowest BCUT2D eigenvalue weighted by Crippen LogP contribution is -2.26. The van der Waals surface area contributed by atoms with E-state index >= 15 is 0 Å². The van der Waals surface area contributed by atoms with Crippen molar-refractivity contribution in [3.05, 3.63) is 36.9 Å². The van der Waals surface area contributed by atoms with E-state index in [4.69, 9.17) is 0 Å². The van der Waals surface area contributed by atoms with Crippen molar-refractivity contribution < 1.29 is 8.42 Å². The van der Waals surface area contributed by atoms with E-state index in [0.717, 1.165) is 12.8 Å². The molecule has 0 aliphatic heterocycles. The number of rotatable bonds is 8. The van der Waals surface area contributed by atoms with Gasteiger partial charge in [-0.3, -0.25) is 0 Å². The predicted molar refractivity (Wildman–Crippen MR) is 79.8 cm³/mol. The average molecular weight is 282 g/mol. The van der Waals surface area contributed by atoms with E-state index in [-0.39, 0.29) is 6.04 Å². The van der Waals surface area contributed by atoms with E-state index in [1.807, 2.05) is 26.0 Å². The van der Waals surface area contributed by atoms with Crippen LogP contribution in [0.25, 0.3) is 0 Å². The molecule has 0 fully saturated rings. The van der Waals surface area contributed by atoms with Crippen LogP contribution in [0.1, 0.15) is 26.7 Å². The van der Waals surface area contributed by atoms with Gasteiger partial charge in [-0.05, 0) is 31.9 Å². The van der Waals surface area contributed by atoms with Gasteiger partial charge < -0.3 is 5.32 Å². The van der Waals surface area contributed by atoms with Crippen molar-refractivity contribution in [2.45, 2.75) is 37.6 Å². The van der Waals surface area contributed by atoms with Crippen molar-refractivity contribution in [2.75, 3.05) is 11.9 Å². The number of hydrogen-bond acceptors (Lipinski definition) is 3. The van der Waals surface area contributed by atoms with Gasteiger partial charge in [0.05, 0.1) is 5.69 Å². The van der Waals surface area contributed by atoms with Crippen molar-refractivity contribution in [3.8, 4) is 0 Å². The molecule has 1 unspecified atom stereocenters. The number of nitrogens with one attached hydrogen (secondary N) is 2. The third kappa shape index (κ3) is 4.69. The van der Waals surface area contributed by atoms with E-state index in [1.54, 1.807) is 18.2 Å². The normalized spacial score (nSPS) is 12.9. The minimum atomic E-state index is -3.45. The molecule has 2 N–H and O–H groups in total. The average Bonchev–Trinajstić information content (AvgIpc) is 2.37. The molecular formula is C14H22N2O2S. The van der Waals surface area contributed by atoms with Crippen LogP contribution in [-0.2, 0) is 10.0 Å². The summed E-state index contributed by atoms with van der Waals surface area (Å²) in [6.07, 6.45) is 3.35. The highest BCUT2D eigenvalue weighted by Crippen LogP contribution is 2.21. The monoisotopic (exact) mass is 282 g/mol. The van der Waals surface area contributed by atoms with Crippen LogP contribution >= 0.6 is 0 Å². The first-order valence-corrected chi connectivity index (χ1v) is 7.95. The second kappa shape index (κ2) is 7.31. The van der Waals surface area contributed by atoms with Gasteiger partial charge in [0.15, 0.2) is 0 Å². The molecule has 0 saturated carbocycles. The number of hydrogen-bond donors (Lipinski definition) is 2. The van der Waals surface area contributed by atoms with Crippen LogP contribution < -0.4 is 10.0 Å². The maximum Gasteiger partial charge on any atom is 0.242 e. The zero-order chi connectivity index (χ0) is 14.3. The number of benzene rings is 1. The number of anilines is 1. The molecule has 1 aromatic rings. The lowest BCUT2D eigenvalue weighted by atomic mass is 10.2. The maximum atomic E-state index is 12.2. The summed E-state index contributed by atoms with van der Waals surface area (Å²) >= 11 is 0. The fraction of sp³-hybridized carbons (Fsp3) is 0.429. The van der Waals surface area contributed by atoms with Gasteiger partial charge in [0, 0.05) is 12.6 Å². The lowest BCUT2D eigenvalue weighted by Gasteiger charge is -2.17. The third-order valence-corrected chi connectivity index (χ3v) is 4.16. The summed E-state index contributed by atoms with van der Waals surface area (Å²) in [7, 11) is -3.45. The quantitative estimate of drug-likeness (QED) is 0.721. The molecule has 4 nitrogen and oxygen atoms in total. The molecule has 0 spiro atoms. The minimum Gasteiger partial charge on any atom is -0.381 e. The highest BCUT2D eigenvalue weighted by atomic mass is 32.2. The fourth-order valence-electron chi connectivity index (χ4n) is 1.71. The van der Waals surface area contributed by atoms with Crippen LogP contribution in [0.3, 0.4) is 0 Å². The molecule has 1 aromatic carbocycles. The van der Waals surface area contributed by atoms with Gasteiger partial charge in [0.25, 0.3) is 0 Å². The smallest absolute Gasteiger partial charge is 0.242 e. The largest absolute Gasteiger partial charge is 0.381 e. The molecule has 19 heavy (non-hydrogen) atoms. The van der Waals surface area contributed by atoms with E-state index < -0.39 is 10.0 Å². The molecule has 0 amide bonds. The molecule has 0 heterocycles. The Labute approximate surface area is 116 Å². The first-order chi connectivity index (χ1) is 9.01. The van der Waals surface area contributed by atoms with Gasteiger partial charge >= 0.3 is 0 Å². The zero-order valence-electron chi connectivity index (χ0n) is 11.5. The summed E-state index contributed by atoms with van der Waals surface area (Å²) in [6.45, 7) is 8.05. The topological polar surface area (TPSA) is 58.2 Å². The van der Waals surface area contributed by atoms with Crippen molar-refractivity contribution in [2.24, 2.45) is 0 Å². The summed E-state index contributed by atoms with van der Waals surface area (Å²) in [5, 5.41) is 3.20. The molecule has 1 atom stereocenters. The molecule has 1 rings (SSSR count). The Bertz CT molecular complexity index is 512. The van der Waals surface area contributed by atoms with Gasteiger partial charge in [0.1, 0.15) is 4.90 Å². The van der Waals surface area contributed by atoms with E-state index in [1.165, 1.54) is 0 Å². The second-order valence-electron chi connectivity index (χ2n) is 4.46. The minimum absolute atomic E-state index is 0.139. The van der Waals surface area contributed by atoms with Gasteiger partial charge in [-0.25, -0.2) is 13.1 Å². The maximum absolute atomic E-state index is 12.2. The Morgan fingerprint density at radius 1 is 1.37 bits per heavy atom. The Morgan fingerprint density at radius 3 is 2.68 bits per heavy atom. The number of sulfonamides is 1. The molecule has 0 aliphatic carbocycles. The van der Waals surface area contributed by atoms with Crippen LogP contribution in [0.2, 0.25) is 0 Å². The molecule has 5 heteroatoms. The van der Waals surface area contributed by atoms with Crippen LogP contribution in [0.5, 0.6) is 0 Å². The predicted octanol–water partition coefficient (Wildman–Crippen LogP) is 2.75. The summed E-state index contributed by atoms with van der Waals surface area (Å²) in [5.41, 5.74) is 0.625. The van der Waals surface area contributed by atoms with Crippen LogP contribution in [0, 0.1) is 0 Å². The molecule has 0 saturated heterocycles. The van der Waals surface area contributed by atoms with Crippen molar-refractivity contribution >= 4 is 15.7 Å². The molecule has 0 aromatic heterocycles. The Hall–Kier alpha value is -1.33. The lowest BCUT2D eigenvalue weighted by molar-refractivity contribution is 0.581. The van der Waals surface area contributed by atoms with E-state index in [0.29, 0.717) is 17.1 Å². The first-order valence-electron chi connectivity index (χ1n) is 6.47. The summed E-state index contributed by atoms with van der Waals surface area (Å²) < 4.78 is 26.9. The summed E-state index contributed by atoms with van der Waals surface area (Å²) in [4.78, 5) is 0.291. The molecular weight excluding hydrogens is 260 g/mol. The first kappa shape index (κ1) is 15.7. The summed E-state index contributed by atoms with van der Waals surface area (Å²) in [6, 6.07) is 7.08. The van der Waals surface area contributed by atoms with Crippen molar-refractivity contribution in [1.82, 2.24) is 4.72 Å². The van der Waals surface area contributed by atoms with Crippen molar-refractivity contribution in [1.29, 1.82) is 0 Å². The van der Waals surface area contributed by atoms with Crippen LogP contribution in [0.15, 0.2) is 41.8 Å². The van der Waals surface area contributed by atoms with Crippen molar-refractivity contribution in [3.63, 3.8) is 0 Å². The Morgan fingerprint density at radius 2 is 2.05 bits per heavy atom. The molecule has 106 valence electrons. The van der Waals surface area contributed by atoms with Gasteiger partial charge in [-0.1, -0.05) is 25.1 Å². The van der Waals surface area contributed by atoms with Gasteiger partial charge in [0.2, 0.25) is 10.0 Å². The van der Waals surface area contributed by atoms with Crippen LogP contribution in [0.4, 0.5) is 5.69 Å². The zero-order valence-corrected chi connectivity index (χ0v) is 12.3. The molecule has 0 bridgehead atoms. The van der Waals surface area contributed by atoms with E-state index in [2.05, 4.69) is 16.6 Å². The standard InChI is InChI=1S/C14H22N2O2S/c1-4-8-12(3)16-13-9-6-7-10-14(13)19(17,18)15-11-5-2/h4,6-7,9-10,12,15-16H,1,5,8,11H2,2-3H3. The van der Waals surface area contributed by atoms with Gasteiger partial charge in [-0.2, -0.15) is 0 Å². The molecule has 0 radical (unpaired) electrons. The van der Waals surface area contributed by atoms with Gasteiger partial charge in [-0.15, -0.1) is 6.58 Å². The van der Waals surface area contributed by atoms with Crippen LogP contribution in [-0.4, -0.2) is 21.0 Å². The highest BCUT2D eigenvalue weighted by Gasteiger charge is 2.17. The Kier molecular flexibility index (Phi) is 6.05. The number of para-hydroxylation sites is 1. The fourth-order valence-corrected chi connectivity index (χ4v) is 3.01. The third-order valence-electron chi connectivity index (χ3n) is 2.64. The Balaban J connectivity index is 2.98. The highest BCUT2D eigenvalue weighted by molar-refractivity contribution is 7.89. The second-order valence-corrected chi connectivity index (χ2v) is 6.20. The van der Waals surface area contributed by atoms with E-state index in [9.17, 15) is 8.42 Å². The summed E-state index contributed by atoms with van der Waals surface area (Å²) in [5.74, 6) is 0.